The summed E-state index contributed by atoms with van der Waals surface area (Å²) in [5.41, 5.74) is 13.0. The van der Waals surface area contributed by atoms with Crippen LogP contribution in [-0.4, -0.2) is 31.3 Å². The highest BCUT2D eigenvalue weighted by Crippen LogP contribution is 2.45. The van der Waals surface area contributed by atoms with Crippen LogP contribution in [-0.2, 0) is 6.42 Å². The van der Waals surface area contributed by atoms with E-state index in [0.717, 1.165) is 15.6 Å². The second-order valence-electron chi connectivity index (χ2n) is 4.43. The molecule has 0 saturated heterocycles. The number of anilines is 2. The maximum absolute atomic E-state index is 5.88. The minimum Gasteiger partial charge on any atom is -0.493 e. The predicted octanol–water partition coefficient (Wildman–Crippen LogP) is 2.02. The number of nitrogen functional groups attached to an aromatic ring is 2. The van der Waals surface area contributed by atoms with Gasteiger partial charge in [-0.15, -0.1) is 0 Å². The number of rotatable bonds is 5. The molecule has 0 atom stereocenters. The van der Waals surface area contributed by atoms with Crippen LogP contribution in [0.25, 0.3) is 0 Å². The molecule has 0 amide bonds. The maximum atomic E-state index is 5.88. The van der Waals surface area contributed by atoms with Gasteiger partial charge in [0.25, 0.3) is 0 Å². The molecule has 8 heteroatoms. The minimum atomic E-state index is 0.144. The van der Waals surface area contributed by atoms with Crippen LogP contribution in [0.2, 0.25) is 0 Å². The first-order valence-corrected chi connectivity index (χ1v) is 7.15. The molecule has 0 radical (unpaired) electrons. The van der Waals surface area contributed by atoms with Crippen LogP contribution in [0.15, 0.2) is 16.7 Å². The van der Waals surface area contributed by atoms with Gasteiger partial charge in [-0.1, -0.05) is 0 Å². The average Bonchev–Trinajstić information content (AvgIpc) is 2.50. The van der Waals surface area contributed by atoms with E-state index in [0.29, 0.717) is 29.5 Å². The quantitative estimate of drug-likeness (QED) is 0.831. The molecule has 0 bridgehead atoms. The van der Waals surface area contributed by atoms with E-state index in [-0.39, 0.29) is 5.95 Å². The molecule has 1 heterocycles. The molecule has 7 nitrogen and oxygen atoms in total. The zero-order chi connectivity index (χ0) is 16.3. The van der Waals surface area contributed by atoms with Crippen molar-refractivity contribution >= 4 is 27.7 Å². The fraction of sp³-hybridized carbons (Fsp3) is 0.286. The van der Waals surface area contributed by atoms with Crippen molar-refractivity contribution in [1.29, 1.82) is 0 Å². The smallest absolute Gasteiger partial charge is 0.221 e. The summed E-state index contributed by atoms with van der Waals surface area (Å²) in [5.74, 6) is 2.11. The molecule has 118 valence electrons. The van der Waals surface area contributed by atoms with Crippen molar-refractivity contribution in [3.63, 3.8) is 0 Å². The molecule has 0 spiro atoms. The van der Waals surface area contributed by atoms with Gasteiger partial charge in [0, 0.05) is 18.2 Å². The first-order chi connectivity index (χ1) is 10.5. The summed E-state index contributed by atoms with van der Waals surface area (Å²) in [5, 5.41) is 0. The van der Waals surface area contributed by atoms with Gasteiger partial charge in [0.2, 0.25) is 11.7 Å². The van der Waals surface area contributed by atoms with E-state index in [1.54, 1.807) is 27.5 Å². The summed E-state index contributed by atoms with van der Waals surface area (Å²) in [6.45, 7) is 0. The number of halogens is 1. The molecular weight excluding hydrogens is 352 g/mol. The van der Waals surface area contributed by atoms with Crippen LogP contribution < -0.4 is 25.7 Å². The number of nitrogens with zero attached hydrogens (tertiary/aromatic N) is 2. The highest BCUT2D eigenvalue weighted by Gasteiger charge is 2.19. The van der Waals surface area contributed by atoms with Gasteiger partial charge in [-0.3, -0.25) is 0 Å². The van der Waals surface area contributed by atoms with Crippen LogP contribution in [0.4, 0.5) is 11.8 Å². The van der Waals surface area contributed by atoms with Gasteiger partial charge in [-0.2, -0.15) is 4.98 Å². The number of hydrogen-bond acceptors (Lipinski definition) is 7. The normalized spacial score (nSPS) is 10.4. The van der Waals surface area contributed by atoms with Crippen LogP contribution in [0.3, 0.4) is 0 Å². The molecule has 4 N–H and O–H groups in total. The second-order valence-corrected chi connectivity index (χ2v) is 5.23. The van der Waals surface area contributed by atoms with E-state index in [1.165, 1.54) is 0 Å². The van der Waals surface area contributed by atoms with Gasteiger partial charge in [-0.05, 0) is 27.6 Å². The number of nitrogens with two attached hydrogens (primary N) is 2. The van der Waals surface area contributed by atoms with Crippen LogP contribution in [0.5, 0.6) is 17.2 Å². The molecule has 1 aromatic carbocycles. The SMILES string of the molecule is COc1cc(Cc2cnc(N)nc2N)c(Br)c(OC)c1OC. The third-order valence-electron chi connectivity index (χ3n) is 3.14. The Kier molecular flexibility index (Phi) is 4.92. The monoisotopic (exact) mass is 368 g/mol. The third kappa shape index (κ3) is 3.01. The van der Waals surface area contributed by atoms with Gasteiger partial charge in [0.15, 0.2) is 11.5 Å². The van der Waals surface area contributed by atoms with Crippen molar-refractivity contribution in [2.75, 3.05) is 32.8 Å². The summed E-state index contributed by atoms with van der Waals surface area (Å²) in [6, 6.07) is 1.85. The summed E-state index contributed by atoms with van der Waals surface area (Å²) in [4.78, 5) is 7.93. The van der Waals surface area contributed by atoms with Crippen LogP contribution in [0.1, 0.15) is 11.1 Å². The molecule has 0 aliphatic rings. The average molecular weight is 369 g/mol. The van der Waals surface area contributed by atoms with E-state index in [4.69, 9.17) is 25.7 Å². The van der Waals surface area contributed by atoms with Gasteiger partial charge in [-0.25, -0.2) is 4.98 Å². The van der Waals surface area contributed by atoms with Gasteiger partial charge in [0.05, 0.1) is 25.8 Å². The van der Waals surface area contributed by atoms with E-state index >= 15 is 0 Å². The summed E-state index contributed by atoms with van der Waals surface area (Å²) in [6.07, 6.45) is 2.09. The van der Waals surface area contributed by atoms with E-state index in [2.05, 4.69) is 25.9 Å². The fourth-order valence-electron chi connectivity index (χ4n) is 2.08. The Morgan fingerprint density at radius 1 is 1.05 bits per heavy atom. The molecule has 0 unspecified atom stereocenters. The lowest BCUT2D eigenvalue weighted by atomic mass is 10.1. The summed E-state index contributed by atoms with van der Waals surface area (Å²) >= 11 is 3.53. The second kappa shape index (κ2) is 6.69. The standard InChI is InChI=1S/C14H17BrN4O3/c1-20-9-5-7(10(15)12(22-3)11(9)21-2)4-8-6-18-14(17)19-13(8)16/h5-6H,4H2,1-3H3,(H4,16,17,18,19). The van der Waals surface area contributed by atoms with Gasteiger partial charge in [0.1, 0.15) is 5.82 Å². The van der Waals surface area contributed by atoms with E-state index in [1.807, 2.05) is 6.07 Å². The molecular formula is C14H17BrN4O3. The largest absolute Gasteiger partial charge is 0.493 e. The predicted molar refractivity (Wildman–Crippen MR) is 87.5 cm³/mol. The van der Waals surface area contributed by atoms with E-state index < -0.39 is 0 Å². The maximum Gasteiger partial charge on any atom is 0.221 e. The zero-order valence-electron chi connectivity index (χ0n) is 12.5. The van der Waals surface area contributed by atoms with Crippen molar-refractivity contribution in [3.8, 4) is 17.2 Å². The van der Waals surface area contributed by atoms with Crippen molar-refractivity contribution in [2.24, 2.45) is 0 Å². The summed E-state index contributed by atoms with van der Waals surface area (Å²) in [7, 11) is 4.68. The Morgan fingerprint density at radius 2 is 1.73 bits per heavy atom. The molecule has 0 aliphatic carbocycles. The van der Waals surface area contributed by atoms with Gasteiger partial charge < -0.3 is 25.7 Å². The first-order valence-electron chi connectivity index (χ1n) is 6.36. The molecule has 0 saturated carbocycles. The number of aromatic nitrogens is 2. The Balaban J connectivity index is 2.51. The Hall–Kier alpha value is -2.22. The van der Waals surface area contributed by atoms with Crippen molar-refractivity contribution in [1.82, 2.24) is 9.97 Å². The third-order valence-corrected chi connectivity index (χ3v) is 4.01. The number of hydrogen-bond donors (Lipinski definition) is 2. The highest BCUT2D eigenvalue weighted by molar-refractivity contribution is 9.10. The van der Waals surface area contributed by atoms with Gasteiger partial charge >= 0.3 is 0 Å². The van der Waals surface area contributed by atoms with Crippen molar-refractivity contribution in [2.45, 2.75) is 6.42 Å². The Bertz CT molecular complexity index is 694. The minimum absolute atomic E-state index is 0.144. The Morgan fingerprint density at radius 3 is 2.27 bits per heavy atom. The zero-order valence-corrected chi connectivity index (χ0v) is 14.1. The lowest BCUT2D eigenvalue weighted by Gasteiger charge is -2.17. The molecule has 0 fully saturated rings. The molecule has 2 rings (SSSR count). The molecule has 0 aliphatic heterocycles. The number of benzene rings is 1. The lowest BCUT2D eigenvalue weighted by Crippen LogP contribution is -2.05. The molecule has 2 aromatic rings. The van der Waals surface area contributed by atoms with Crippen LogP contribution in [0, 0.1) is 0 Å². The lowest BCUT2D eigenvalue weighted by molar-refractivity contribution is 0.322. The van der Waals surface area contributed by atoms with E-state index in [9.17, 15) is 0 Å². The number of methoxy groups -OCH3 is 3. The van der Waals surface area contributed by atoms with Crippen LogP contribution >= 0.6 is 15.9 Å². The molecule has 1 aromatic heterocycles. The first kappa shape index (κ1) is 16.2. The topological polar surface area (TPSA) is 106 Å². The van der Waals surface area contributed by atoms with Crippen molar-refractivity contribution in [3.05, 3.63) is 27.9 Å². The summed E-state index contributed by atoms with van der Waals surface area (Å²) < 4.78 is 16.8. The fourth-order valence-corrected chi connectivity index (χ4v) is 2.67. The number of ether oxygens (including phenoxy) is 3. The Labute approximate surface area is 136 Å². The van der Waals surface area contributed by atoms with Crippen molar-refractivity contribution < 1.29 is 14.2 Å². The molecule has 22 heavy (non-hydrogen) atoms. The highest BCUT2D eigenvalue weighted by atomic mass is 79.9.